The Balaban J connectivity index is 2.98. The molecule has 42 valence electrons. The van der Waals surface area contributed by atoms with Crippen molar-refractivity contribution in [3.8, 4) is 0 Å². The largest absolute Gasteiger partial charge is 0.474 e. The molecule has 0 spiro atoms. The van der Waals surface area contributed by atoms with E-state index in [2.05, 4.69) is 22.9 Å². The summed E-state index contributed by atoms with van der Waals surface area (Å²) in [6.07, 6.45) is 2.04. The summed E-state index contributed by atoms with van der Waals surface area (Å²) < 4.78 is 10.0. The minimum absolute atomic E-state index is 0.123. The van der Waals surface area contributed by atoms with Gasteiger partial charge in [-0.2, -0.15) is 0 Å². The fourth-order valence-electron chi connectivity index (χ4n) is 0.275. The first-order valence-corrected chi connectivity index (χ1v) is 3.96. The second-order valence-corrected chi connectivity index (χ2v) is 3.77. The molecule has 0 amide bonds. The number of halogens is 1. The highest BCUT2D eigenvalue weighted by molar-refractivity contribution is 9.11. The highest BCUT2D eigenvalue weighted by atomic mass is 79.9. The Labute approximate surface area is 56.1 Å². The van der Waals surface area contributed by atoms with E-state index in [-0.39, 0.29) is 4.16 Å². The smallest absolute Gasteiger partial charge is 0.0651 e. The lowest BCUT2D eigenvalue weighted by molar-refractivity contribution is 0.602. The first-order valence-electron chi connectivity index (χ1n) is 2.24. The SMILES string of the molecule is CCCC(Br)[S+]=O. The van der Waals surface area contributed by atoms with Gasteiger partial charge in [0, 0.05) is 10.6 Å². The van der Waals surface area contributed by atoms with Crippen LogP contribution in [-0.4, -0.2) is 4.16 Å². The molecule has 0 aromatic carbocycles. The molecule has 0 saturated carbocycles. The lowest BCUT2D eigenvalue weighted by Gasteiger charge is -1.80. The molecule has 0 fully saturated rings. The maximum absolute atomic E-state index is 9.89. The number of hydrogen-bond acceptors (Lipinski definition) is 1. The Bertz CT molecular complexity index is 57.7. The van der Waals surface area contributed by atoms with Crippen molar-refractivity contribution in [2.75, 3.05) is 0 Å². The van der Waals surface area contributed by atoms with E-state index in [4.69, 9.17) is 0 Å². The van der Waals surface area contributed by atoms with Gasteiger partial charge < -0.3 is 0 Å². The molecule has 0 rings (SSSR count). The lowest BCUT2D eigenvalue weighted by atomic mass is 10.4. The summed E-state index contributed by atoms with van der Waals surface area (Å²) >= 11 is 3.80. The van der Waals surface area contributed by atoms with Gasteiger partial charge in [0.05, 0.1) is 0 Å². The molecule has 0 saturated heterocycles. The summed E-state index contributed by atoms with van der Waals surface area (Å²) in [6, 6.07) is 0. The van der Waals surface area contributed by atoms with Gasteiger partial charge in [0.25, 0.3) is 4.16 Å². The van der Waals surface area contributed by atoms with E-state index in [9.17, 15) is 4.21 Å². The summed E-state index contributed by atoms with van der Waals surface area (Å²) in [5.74, 6) is 0. The maximum atomic E-state index is 9.89. The standard InChI is InChI=1S/C4H8BrOS/c1-2-3-4(5)7-6/h4H,2-3H2,1H3/q+1. The zero-order valence-corrected chi connectivity index (χ0v) is 6.59. The summed E-state index contributed by atoms with van der Waals surface area (Å²) in [5, 5.41) is 0. The predicted octanol–water partition coefficient (Wildman–Crippen LogP) is 1.94. The van der Waals surface area contributed by atoms with Gasteiger partial charge in [-0.15, -0.1) is 0 Å². The van der Waals surface area contributed by atoms with Gasteiger partial charge in [-0.1, -0.05) is 6.92 Å². The van der Waals surface area contributed by atoms with Crippen LogP contribution in [0, 0.1) is 0 Å². The molecule has 0 heterocycles. The van der Waals surface area contributed by atoms with E-state index in [1.54, 1.807) is 0 Å². The van der Waals surface area contributed by atoms with Crippen molar-refractivity contribution in [2.24, 2.45) is 0 Å². The summed E-state index contributed by atoms with van der Waals surface area (Å²) in [7, 11) is 0. The Kier molecular flexibility index (Phi) is 4.99. The third kappa shape index (κ3) is 4.35. The lowest BCUT2D eigenvalue weighted by Crippen LogP contribution is -1.90. The topological polar surface area (TPSA) is 17.1 Å². The summed E-state index contributed by atoms with van der Waals surface area (Å²) in [6.45, 7) is 2.06. The van der Waals surface area contributed by atoms with Crippen LogP contribution in [0.3, 0.4) is 0 Å². The Morgan fingerprint density at radius 2 is 2.43 bits per heavy atom. The molecule has 0 aliphatic carbocycles. The minimum Gasteiger partial charge on any atom is -0.0651 e. The Morgan fingerprint density at radius 1 is 1.86 bits per heavy atom. The predicted molar refractivity (Wildman–Crippen MR) is 35.7 cm³/mol. The molecule has 1 nitrogen and oxygen atoms in total. The molecule has 0 aromatic rings. The van der Waals surface area contributed by atoms with Crippen molar-refractivity contribution in [1.29, 1.82) is 0 Å². The zero-order valence-electron chi connectivity index (χ0n) is 4.19. The molecule has 0 aliphatic heterocycles. The summed E-state index contributed by atoms with van der Waals surface area (Å²) in [5.41, 5.74) is 0. The average molecular weight is 184 g/mol. The van der Waals surface area contributed by atoms with Crippen LogP contribution in [0.25, 0.3) is 0 Å². The van der Waals surface area contributed by atoms with E-state index in [0.717, 1.165) is 12.8 Å². The number of rotatable bonds is 3. The summed E-state index contributed by atoms with van der Waals surface area (Å²) in [4.78, 5) is 0. The van der Waals surface area contributed by atoms with E-state index in [1.165, 1.54) is 0 Å². The fraction of sp³-hybridized carbons (Fsp3) is 1.00. The third-order valence-electron chi connectivity index (χ3n) is 0.620. The van der Waals surface area contributed by atoms with Crippen molar-refractivity contribution in [2.45, 2.75) is 23.9 Å². The van der Waals surface area contributed by atoms with Crippen molar-refractivity contribution >= 4 is 27.6 Å². The minimum atomic E-state index is 0.123. The highest BCUT2D eigenvalue weighted by Gasteiger charge is 2.13. The molecule has 0 bridgehead atoms. The van der Waals surface area contributed by atoms with Gasteiger partial charge in [-0.25, -0.2) is 0 Å². The quantitative estimate of drug-likeness (QED) is 0.483. The van der Waals surface area contributed by atoms with Gasteiger partial charge in [0.15, 0.2) is 0 Å². The van der Waals surface area contributed by atoms with Crippen LogP contribution in [0.1, 0.15) is 19.8 Å². The molecular formula is C4H8BrOS+. The van der Waals surface area contributed by atoms with Crippen LogP contribution in [0.5, 0.6) is 0 Å². The van der Waals surface area contributed by atoms with Crippen molar-refractivity contribution in [1.82, 2.24) is 0 Å². The molecule has 0 radical (unpaired) electrons. The van der Waals surface area contributed by atoms with Crippen molar-refractivity contribution in [3.05, 3.63) is 0 Å². The van der Waals surface area contributed by atoms with Crippen LogP contribution in [0.2, 0.25) is 0 Å². The van der Waals surface area contributed by atoms with Crippen molar-refractivity contribution in [3.63, 3.8) is 0 Å². The van der Waals surface area contributed by atoms with Gasteiger partial charge >= 0.3 is 11.7 Å². The molecular weight excluding hydrogens is 176 g/mol. The van der Waals surface area contributed by atoms with Crippen LogP contribution in [-0.2, 0) is 15.9 Å². The van der Waals surface area contributed by atoms with Crippen molar-refractivity contribution < 1.29 is 4.21 Å². The van der Waals surface area contributed by atoms with Gasteiger partial charge in [0.1, 0.15) is 0 Å². The molecule has 0 aromatic heterocycles. The first-order chi connectivity index (χ1) is 3.31. The Morgan fingerprint density at radius 3 is 2.57 bits per heavy atom. The maximum Gasteiger partial charge on any atom is 0.474 e. The average Bonchev–Trinajstić information content (AvgIpc) is 1.68. The first kappa shape index (κ1) is 7.50. The second kappa shape index (κ2) is 4.65. The van der Waals surface area contributed by atoms with E-state index < -0.39 is 0 Å². The monoisotopic (exact) mass is 183 g/mol. The number of hydrogen-bond donors (Lipinski definition) is 0. The van der Waals surface area contributed by atoms with Gasteiger partial charge in [-0.3, -0.25) is 0 Å². The number of alkyl halides is 1. The van der Waals surface area contributed by atoms with Gasteiger partial charge in [-0.05, 0) is 22.4 Å². The van der Waals surface area contributed by atoms with Crippen LogP contribution < -0.4 is 0 Å². The Hall–Kier alpha value is 0.500. The molecule has 7 heavy (non-hydrogen) atoms. The van der Waals surface area contributed by atoms with Crippen LogP contribution >= 0.6 is 15.9 Å². The van der Waals surface area contributed by atoms with Crippen LogP contribution in [0.4, 0.5) is 0 Å². The fourth-order valence-corrected chi connectivity index (χ4v) is 1.06. The molecule has 0 N–H and O–H groups in total. The van der Waals surface area contributed by atoms with Crippen LogP contribution in [0.15, 0.2) is 0 Å². The molecule has 3 heteroatoms. The zero-order chi connectivity index (χ0) is 5.70. The second-order valence-electron chi connectivity index (χ2n) is 1.29. The highest BCUT2D eigenvalue weighted by Crippen LogP contribution is 2.04. The molecule has 1 atom stereocenters. The van der Waals surface area contributed by atoms with E-state index in [0.29, 0.717) is 11.7 Å². The molecule has 0 aliphatic rings. The van der Waals surface area contributed by atoms with E-state index >= 15 is 0 Å². The third-order valence-corrected chi connectivity index (χ3v) is 1.98. The molecule has 1 unspecified atom stereocenters. The van der Waals surface area contributed by atoms with E-state index in [1.807, 2.05) is 0 Å². The van der Waals surface area contributed by atoms with Gasteiger partial charge in [0.2, 0.25) is 0 Å². The normalized spacial score (nSPS) is 13.4.